The molecule has 0 saturated carbocycles. The molecule has 2 rings (SSSR count). The summed E-state index contributed by atoms with van der Waals surface area (Å²) in [4.78, 5) is 24.1. The minimum Gasteiger partial charge on any atom is -0.444 e. The van der Waals surface area contributed by atoms with E-state index in [0.29, 0.717) is 19.6 Å². The van der Waals surface area contributed by atoms with Crippen molar-refractivity contribution in [1.82, 2.24) is 25.9 Å². The van der Waals surface area contributed by atoms with Gasteiger partial charge in [-0.3, -0.25) is 4.99 Å². The number of guanidine groups is 1. The number of carbonyl (C=O) groups is 1. The number of nitrogens with zero attached hydrogens (tertiary/aromatic N) is 2. The first-order valence-electron chi connectivity index (χ1n) is 9.80. The van der Waals surface area contributed by atoms with Crippen LogP contribution < -0.4 is 16.0 Å². The summed E-state index contributed by atoms with van der Waals surface area (Å²) in [5, 5.41) is 9.12. The first kappa shape index (κ1) is 21.5. The molecule has 0 atom stereocenters. The SMILES string of the molecule is CCNC(=NCCCc1nc2ccccc2[nH]1)NCCNC(=O)OC(C)(C)C. The van der Waals surface area contributed by atoms with Crippen molar-refractivity contribution >= 4 is 23.1 Å². The number of H-pyrrole nitrogens is 1. The number of aromatic nitrogens is 2. The van der Waals surface area contributed by atoms with E-state index in [2.05, 4.69) is 30.9 Å². The van der Waals surface area contributed by atoms with E-state index < -0.39 is 11.7 Å². The lowest BCUT2D eigenvalue weighted by Gasteiger charge is -2.19. The summed E-state index contributed by atoms with van der Waals surface area (Å²) in [5.74, 6) is 1.72. The van der Waals surface area contributed by atoms with Crippen molar-refractivity contribution in [2.75, 3.05) is 26.2 Å². The highest BCUT2D eigenvalue weighted by atomic mass is 16.6. The van der Waals surface area contributed by atoms with Crippen LogP contribution in [0.25, 0.3) is 11.0 Å². The Balaban J connectivity index is 1.70. The molecule has 0 radical (unpaired) electrons. The van der Waals surface area contributed by atoms with Gasteiger partial charge < -0.3 is 25.7 Å². The second-order valence-corrected chi connectivity index (χ2v) is 7.42. The van der Waals surface area contributed by atoms with Crippen molar-refractivity contribution in [3.8, 4) is 0 Å². The van der Waals surface area contributed by atoms with Crippen LogP contribution in [0.15, 0.2) is 29.3 Å². The van der Waals surface area contributed by atoms with Gasteiger partial charge in [0.2, 0.25) is 0 Å². The quantitative estimate of drug-likeness (QED) is 0.316. The highest BCUT2D eigenvalue weighted by Gasteiger charge is 2.15. The molecule has 4 N–H and O–H groups in total. The maximum absolute atomic E-state index is 11.6. The van der Waals surface area contributed by atoms with E-state index in [1.54, 1.807) is 0 Å². The molecule has 0 aliphatic carbocycles. The monoisotopic (exact) mass is 388 g/mol. The summed E-state index contributed by atoms with van der Waals surface area (Å²) >= 11 is 0. The first-order chi connectivity index (χ1) is 13.4. The van der Waals surface area contributed by atoms with Crippen LogP contribution >= 0.6 is 0 Å². The number of ether oxygens (including phenoxy) is 1. The zero-order valence-electron chi connectivity index (χ0n) is 17.3. The smallest absolute Gasteiger partial charge is 0.407 e. The zero-order chi connectivity index (χ0) is 20.4. The van der Waals surface area contributed by atoms with Gasteiger partial charge >= 0.3 is 6.09 Å². The molecule has 1 amide bonds. The Morgan fingerprint density at radius 2 is 1.93 bits per heavy atom. The van der Waals surface area contributed by atoms with Crippen LogP contribution in [0.2, 0.25) is 0 Å². The van der Waals surface area contributed by atoms with E-state index in [0.717, 1.165) is 42.2 Å². The molecule has 0 spiro atoms. The molecule has 0 aliphatic heterocycles. The molecule has 0 unspecified atom stereocenters. The van der Waals surface area contributed by atoms with Crippen LogP contribution in [0.5, 0.6) is 0 Å². The van der Waals surface area contributed by atoms with Crippen LogP contribution in [-0.2, 0) is 11.2 Å². The lowest BCUT2D eigenvalue weighted by molar-refractivity contribution is 0.0529. The Morgan fingerprint density at radius 1 is 1.18 bits per heavy atom. The molecule has 0 aliphatic rings. The third kappa shape index (κ3) is 7.85. The average molecular weight is 389 g/mol. The predicted octanol–water partition coefficient (Wildman–Crippen LogP) is 2.58. The van der Waals surface area contributed by atoms with Gasteiger partial charge in [-0.05, 0) is 46.2 Å². The second kappa shape index (κ2) is 10.5. The molecule has 28 heavy (non-hydrogen) atoms. The zero-order valence-corrected chi connectivity index (χ0v) is 17.3. The van der Waals surface area contributed by atoms with Crippen molar-refractivity contribution in [2.24, 2.45) is 4.99 Å². The van der Waals surface area contributed by atoms with Gasteiger partial charge in [0, 0.05) is 32.6 Å². The topological polar surface area (TPSA) is 103 Å². The molecule has 1 heterocycles. The molecule has 8 heteroatoms. The second-order valence-electron chi connectivity index (χ2n) is 7.42. The third-order valence-corrected chi connectivity index (χ3v) is 3.71. The van der Waals surface area contributed by atoms with Crippen molar-refractivity contribution in [2.45, 2.75) is 46.1 Å². The molecule has 2 aromatic rings. The fraction of sp³-hybridized carbons (Fsp3) is 0.550. The molecule has 154 valence electrons. The average Bonchev–Trinajstić information content (AvgIpc) is 3.03. The lowest BCUT2D eigenvalue weighted by Crippen LogP contribution is -2.42. The molecule has 1 aromatic carbocycles. The largest absolute Gasteiger partial charge is 0.444 e. The molecule has 0 fully saturated rings. The number of hydrogen-bond acceptors (Lipinski definition) is 4. The van der Waals surface area contributed by atoms with Gasteiger partial charge in [-0.1, -0.05) is 12.1 Å². The van der Waals surface area contributed by atoms with E-state index in [-0.39, 0.29) is 0 Å². The molecular weight excluding hydrogens is 356 g/mol. The van der Waals surface area contributed by atoms with Crippen LogP contribution in [0.1, 0.15) is 39.9 Å². The van der Waals surface area contributed by atoms with Crippen LogP contribution in [0.4, 0.5) is 4.79 Å². The van der Waals surface area contributed by atoms with E-state index in [1.807, 2.05) is 52.0 Å². The number of nitrogens with one attached hydrogen (secondary N) is 4. The van der Waals surface area contributed by atoms with Crippen molar-refractivity contribution in [1.29, 1.82) is 0 Å². The number of aryl methyl sites for hydroxylation is 1. The third-order valence-electron chi connectivity index (χ3n) is 3.71. The first-order valence-corrected chi connectivity index (χ1v) is 9.80. The Kier molecular flexibility index (Phi) is 8.10. The van der Waals surface area contributed by atoms with Crippen molar-refractivity contribution < 1.29 is 9.53 Å². The van der Waals surface area contributed by atoms with E-state index in [4.69, 9.17) is 4.74 Å². The summed E-state index contributed by atoms with van der Waals surface area (Å²) in [6, 6.07) is 8.03. The van der Waals surface area contributed by atoms with Crippen LogP contribution in [-0.4, -0.2) is 53.8 Å². The van der Waals surface area contributed by atoms with E-state index in [1.165, 1.54) is 0 Å². The lowest BCUT2D eigenvalue weighted by atomic mass is 10.2. The normalized spacial score (nSPS) is 12.1. The van der Waals surface area contributed by atoms with Gasteiger partial charge in [0.25, 0.3) is 0 Å². The maximum atomic E-state index is 11.6. The molecule has 0 saturated heterocycles. The fourth-order valence-corrected chi connectivity index (χ4v) is 2.56. The van der Waals surface area contributed by atoms with E-state index in [9.17, 15) is 4.79 Å². The summed E-state index contributed by atoms with van der Waals surface area (Å²) in [7, 11) is 0. The minimum absolute atomic E-state index is 0.415. The summed E-state index contributed by atoms with van der Waals surface area (Å²) in [5.41, 5.74) is 1.57. The Labute approximate surface area is 166 Å². The Hall–Kier alpha value is -2.77. The maximum Gasteiger partial charge on any atom is 0.407 e. The summed E-state index contributed by atoms with van der Waals surface area (Å²) in [6.45, 7) is 10.0. The van der Waals surface area contributed by atoms with Crippen molar-refractivity contribution in [3.63, 3.8) is 0 Å². The predicted molar refractivity (Wildman–Crippen MR) is 113 cm³/mol. The van der Waals surface area contributed by atoms with Gasteiger partial charge in [0.15, 0.2) is 5.96 Å². The van der Waals surface area contributed by atoms with E-state index >= 15 is 0 Å². The van der Waals surface area contributed by atoms with Gasteiger partial charge in [0.05, 0.1) is 11.0 Å². The Morgan fingerprint density at radius 3 is 2.64 bits per heavy atom. The Bertz CT molecular complexity index is 745. The number of aliphatic imine (C=N–C) groups is 1. The van der Waals surface area contributed by atoms with Crippen molar-refractivity contribution in [3.05, 3.63) is 30.1 Å². The molecular formula is C20H32N6O2. The van der Waals surface area contributed by atoms with Crippen LogP contribution in [0.3, 0.4) is 0 Å². The number of para-hydroxylation sites is 2. The number of hydrogen-bond donors (Lipinski definition) is 4. The number of benzene rings is 1. The highest BCUT2D eigenvalue weighted by molar-refractivity contribution is 5.79. The number of amides is 1. The summed E-state index contributed by atoms with van der Waals surface area (Å²) < 4.78 is 5.20. The number of aromatic amines is 1. The number of alkyl carbamates (subject to hydrolysis) is 1. The number of imidazole rings is 1. The van der Waals surface area contributed by atoms with Gasteiger partial charge in [-0.25, -0.2) is 9.78 Å². The number of fused-ring (bicyclic) bond motifs is 1. The molecule has 1 aromatic heterocycles. The fourth-order valence-electron chi connectivity index (χ4n) is 2.56. The highest BCUT2D eigenvalue weighted by Crippen LogP contribution is 2.11. The molecule has 8 nitrogen and oxygen atoms in total. The number of carbonyl (C=O) groups excluding carboxylic acids is 1. The summed E-state index contributed by atoms with van der Waals surface area (Å²) in [6.07, 6.45) is 1.33. The molecule has 0 bridgehead atoms. The van der Waals surface area contributed by atoms with Gasteiger partial charge in [0.1, 0.15) is 11.4 Å². The van der Waals surface area contributed by atoms with Crippen LogP contribution in [0, 0.1) is 0 Å². The van der Waals surface area contributed by atoms with Gasteiger partial charge in [-0.15, -0.1) is 0 Å². The minimum atomic E-state index is -0.492. The standard InChI is InChI=1S/C20H32N6O2/c1-5-21-18(23-13-14-24-19(27)28-20(2,3)4)22-12-8-11-17-25-15-9-6-7-10-16(15)26-17/h6-7,9-10H,5,8,11-14H2,1-4H3,(H,24,27)(H,25,26)(H2,21,22,23). The number of rotatable bonds is 8. The van der Waals surface area contributed by atoms with Gasteiger partial charge in [-0.2, -0.15) is 0 Å².